The van der Waals surface area contributed by atoms with E-state index < -0.39 is 17.2 Å². The molecule has 1 heterocycles. The minimum Gasteiger partial charge on any atom is -0.468 e. The molecule has 19 heavy (non-hydrogen) atoms. The summed E-state index contributed by atoms with van der Waals surface area (Å²) in [7, 11) is 1.28. The molecule has 1 aromatic heterocycles. The van der Waals surface area contributed by atoms with E-state index in [4.69, 9.17) is 23.2 Å². The lowest BCUT2D eigenvalue weighted by Gasteiger charge is -2.09. The second-order valence-electron chi connectivity index (χ2n) is 4.00. The topological polar surface area (TPSA) is 44.1 Å². The van der Waals surface area contributed by atoms with Gasteiger partial charge in [0.15, 0.2) is 0 Å². The van der Waals surface area contributed by atoms with Crippen LogP contribution in [0.2, 0.25) is 5.02 Å². The van der Waals surface area contributed by atoms with Crippen molar-refractivity contribution in [1.29, 1.82) is 0 Å². The molecule has 0 fully saturated rings. The molecule has 0 radical (unpaired) electrons. The average Bonchev–Trinajstić information content (AvgIpc) is 2.68. The zero-order valence-electron chi connectivity index (χ0n) is 10.3. The van der Waals surface area contributed by atoms with Gasteiger partial charge in [0.25, 0.3) is 0 Å². The quantitative estimate of drug-likeness (QED) is 0.645. The van der Waals surface area contributed by atoms with Crippen LogP contribution in [-0.2, 0) is 16.1 Å². The molecule has 0 spiro atoms. The fourth-order valence-corrected chi connectivity index (χ4v) is 2.13. The standard InChI is InChI=1S/C12H11Cl2FN2O2/c1-6(13)12-16-9-3-7(14)8(15)4-10(9)17(12)5-11(18)19-2/h3-4,6H,5H2,1-2H3. The number of rotatable bonds is 3. The number of alkyl halides is 1. The summed E-state index contributed by atoms with van der Waals surface area (Å²) in [6.45, 7) is 1.63. The molecule has 102 valence electrons. The van der Waals surface area contributed by atoms with E-state index in [1.165, 1.54) is 23.8 Å². The Kier molecular flexibility index (Phi) is 3.96. The maximum Gasteiger partial charge on any atom is 0.325 e. The summed E-state index contributed by atoms with van der Waals surface area (Å²) < 4.78 is 19.7. The van der Waals surface area contributed by atoms with Crippen molar-refractivity contribution in [3.63, 3.8) is 0 Å². The van der Waals surface area contributed by atoms with E-state index in [-0.39, 0.29) is 11.6 Å². The molecule has 0 N–H and O–H groups in total. The van der Waals surface area contributed by atoms with Gasteiger partial charge >= 0.3 is 5.97 Å². The van der Waals surface area contributed by atoms with Crippen molar-refractivity contribution in [1.82, 2.24) is 9.55 Å². The summed E-state index contributed by atoms with van der Waals surface area (Å²) in [5.74, 6) is -0.578. The second kappa shape index (κ2) is 5.35. The summed E-state index contributed by atoms with van der Waals surface area (Å²) in [6.07, 6.45) is 0. The zero-order valence-corrected chi connectivity index (χ0v) is 11.8. The summed E-state index contributed by atoms with van der Waals surface area (Å²) in [5, 5.41) is -0.456. The first-order valence-corrected chi connectivity index (χ1v) is 6.31. The Morgan fingerprint density at radius 2 is 2.26 bits per heavy atom. The molecule has 2 aromatic rings. The Balaban J connectivity index is 2.65. The van der Waals surface area contributed by atoms with Crippen LogP contribution in [0.15, 0.2) is 12.1 Å². The molecule has 1 unspecified atom stereocenters. The highest BCUT2D eigenvalue weighted by atomic mass is 35.5. The van der Waals surface area contributed by atoms with Crippen LogP contribution in [0.3, 0.4) is 0 Å². The number of imidazole rings is 1. The smallest absolute Gasteiger partial charge is 0.325 e. The van der Waals surface area contributed by atoms with Gasteiger partial charge in [0.2, 0.25) is 0 Å². The third-order valence-electron chi connectivity index (χ3n) is 2.69. The number of fused-ring (bicyclic) bond motifs is 1. The average molecular weight is 305 g/mol. The predicted molar refractivity (Wildman–Crippen MR) is 71.0 cm³/mol. The van der Waals surface area contributed by atoms with Crippen LogP contribution < -0.4 is 0 Å². The number of hydrogen-bond acceptors (Lipinski definition) is 3. The first-order chi connectivity index (χ1) is 8.93. The maximum atomic E-state index is 13.5. The van der Waals surface area contributed by atoms with Crippen molar-refractivity contribution in [3.8, 4) is 0 Å². The van der Waals surface area contributed by atoms with E-state index in [2.05, 4.69) is 9.72 Å². The van der Waals surface area contributed by atoms with Crippen molar-refractivity contribution in [2.75, 3.05) is 7.11 Å². The lowest BCUT2D eigenvalue weighted by molar-refractivity contribution is -0.141. The number of carbonyl (C=O) groups excluding carboxylic acids is 1. The summed E-state index contributed by atoms with van der Waals surface area (Å²) >= 11 is 11.7. The first-order valence-electron chi connectivity index (χ1n) is 5.50. The fourth-order valence-electron chi connectivity index (χ4n) is 1.80. The molecule has 0 aliphatic heterocycles. The predicted octanol–water partition coefficient (Wildman–Crippen LogP) is 3.30. The monoisotopic (exact) mass is 304 g/mol. The molecule has 4 nitrogen and oxygen atoms in total. The number of aromatic nitrogens is 2. The van der Waals surface area contributed by atoms with Gasteiger partial charge in [-0.25, -0.2) is 9.37 Å². The third kappa shape index (κ3) is 2.67. The number of hydrogen-bond donors (Lipinski definition) is 0. The van der Waals surface area contributed by atoms with Crippen molar-refractivity contribution >= 4 is 40.2 Å². The number of benzene rings is 1. The van der Waals surface area contributed by atoms with Crippen LogP contribution in [0.4, 0.5) is 4.39 Å². The fraction of sp³-hybridized carbons (Fsp3) is 0.333. The van der Waals surface area contributed by atoms with Gasteiger partial charge in [-0.1, -0.05) is 11.6 Å². The van der Waals surface area contributed by atoms with E-state index in [0.29, 0.717) is 16.9 Å². The summed E-state index contributed by atoms with van der Waals surface area (Å²) in [6, 6.07) is 2.64. The minimum atomic E-state index is -0.575. The summed E-state index contributed by atoms with van der Waals surface area (Å²) in [4.78, 5) is 15.7. The molecule has 0 aliphatic carbocycles. The Morgan fingerprint density at radius 3 is 2.84 bits per heavy atom. The number of esters is 1. The SMILES string of the molecule is COC(=O)Cn1c(C(C)Cl)nc2cc(Cl)c(F)cc21. The van der Waals surface area contributed by atoms with Gasteiger partial charge in [-0.05, 0) is 13.0 Å². The number of methoxy groups -OCH3 is 1. The van der Waals surface area contributed by atoms with Crippen molar-refractivity contribution in [2.45, 2.75) is 18.8 Å². The van der Waals surface area contributed by atoms with E-state index in [1.807, 2.05) is 0 Å². The maximum absolute atomic E-state index is 13.5. The highest BCUT2D eigenvalue weighted by molar-refractivity contribution is 6.31. The van der Waals surface area contributed by atoms with Gasteiger partial charge in [0.05, 0.1) is 28.5 Å². The third-order valence-corrected chi connectivity index (χ3v) is 3.18. The number of carbonyl (C=O) groups is 1. The lowest BCUT2D eigenvalue weighted by Crippen LogP contribution is -2.14. The number of ether oxygens (including phenoxy) is 1. The molecule has 1 aromatic carbocycles. The van der Waals surface area contributed by atoms with Crippen LogP contribution in [0.1, 0.15) is 18.1 Å². The Morgan fingerprint density at radius 1 is 1.58 bits per heavy atom. The number of nitrogens with zero attached hydrogens (tertiary/aromatic N) is 2. The molecule has 0 bridgehead atoms. The van der Waals surface area contributed by atoms with Gasteiger partial charge in [0.1, 0.15) is 18.2 Å². The van der Waals surface area contributed by atoms with E-state index in [9.17, 15) is 9.18 Å². The molecular weight excluding hydrogens is 294 g/mol. The highest BCUT2D eigenvalue weighted by Gasteiger charge is 2.18. The van der Waals surface area contributed by atoms with Crippen LogP contribution in [-0.4, -0.2) is 22.6 Å². The van der Waals surface area contributed by atoms with Crippen LogP contribution in [0.25, 0.3) is 11.0 Å². The molecule has 0 aliphatic rings. The minimum absolute atomic E-state index is 0.0241. The molecule has 0 amide bonds. The highest BCUT2D eigenvalue weighted by Crippen LogP contribution is 2.28. The van der Waals surface area contributed by atoms with Gasteiger partial charge < -0.3 is 9.30 Å². The van der Waals surface area contributed by atoms with Crippen LogP contribution in [0, 0.1) is 5.82 Å². The molecule has 0 saturated carbocycles. The first kappa shape index (κ1) is 14.1. The lowest BCUT2D eigenvalue weighted by atomic mass is 10.3. The van der Waals surface area contributed by atoms with Crippen molar-refractivity contribution in [3.05, 3.63) is 28.8 Å². The normalized spacial score (nSPS) is 12.7. The van der Waals surface area contributed by atoms with E-state index in [1.54, 1.807) is 6.92 Å². The molecular formula is C12H11Cl2FN2O2. The summed E-state index contributed by atoms with van der Waals surface area (Å²) in [5.41, 5.74) is 0.938. The molecule has 7 heteroatoms. The molecule has 1 atom stereocenters. The van der Waals surface area contributed by atoms with Crippen molar-refractivity contribution < 1.29 is 13.9 Å². The largest absolute Gasteiger partial charge is 0.468 e. The zero-order chi connectivity index (χ0) is 14.2. The Hall–Kier alpha value is -1.33. The Labute approximate surface area is 119 Å². The van der Waals surface area contributed by atoms with Gasteiger partial charge in [0, 0.05) is 6.07 Å². The number of halogens is 3. The molecule has 2 rings (SSSR count). The van der Waals surface area contributed by atoms with Crippen molar-refractivity contribution in [2.24, 2.45) is 0 Å². The van der Waals surface area contributed by atoms with Crippen LogP contribution >= 0.6 is 23.2 Å². The second-order valence-corrected chi connectivity index (χ2v) is 5.07. The molecule has 0 saturated heterocycles. The Bertz CT molecular complexity index is 640. The van der Waals surface area contributed by atoms with Gasteiger partial charge in [-0.15, -0.1) is 11.6 Å². The van der Waals surface area contributed by atoms with E-state index in [0.717, 1.165) is 0 Å². The van der Waals surface area contributed by atoms with E-state index >= 15 is 0 Å². The van der Waals surface area contributed by atoms with Gasteiger partial charge in [-0.2, -0.15) is 0 Å². The van der Waals surface area contributed by atoms with Gasteiger partial charge in [-0.3, -0.25) is 4.79 Å². The van der Waals surface area contributed by atoms with Crippen LogP contribution in [0.5, 0.6) is 0 Å².